The maximum atomic E-state index is 14.8. The normalized spacial score (nSPS) is 15.2. The number of para-hydroxylation sites is 1. The molecule has 1 aliphatic heterocycles. The molecule has 2 heterocycles. The highest BCUT2D eigenvalue weighted by molar-refractivity contribution is 8.00. The predicted octanol–water partition coefficient (Wildman–Crippen LogP) is 4.73. The van der Waals surface area contributed by atoms with Crippen molar-refractivity contribution in [1.29, 1.82) is 0 Å². The van der Waals surface area contributed by atoms with Gasteiger partial charge in [0.15, 0.2) is 11.0 Å². The molecule has 34 heavy (non-hydrogen) atoms. The van der Waals surface area contributed by atoms with Crippen LogP contribution in [-0.2, 0) is 11.4 Å². The second kappa shape index (κ2) is 10.9. The molecular formula is C25H29FN4O3S. The number of piperidine rings is 1. The Balaban J connectivity index is 1.55. The minimum Gasteiger partial charge on any atom is -0.497 e. The van der Waals surface area contributed by atoms with Crippen molar-refractivity contribution in [3.05, 3.63) is 60.2 Å². The van der Waals surface area contributed by atoms with Crippen molar-refractivity contribution < 1.29 is 18.7 Å². The molecule has 4 rings (SSSR count). The molecule has 1 aromatic heterocycles. The van der Waals surface area contributed by atoms with Gasteiger partial charge in [0, 0.05) is 13.1 Å². The number of likely N-dealkylation sites (tertiary alicyclic amines) is 1. The molecule has 9 heteroatoms. The van der Waals surface area contributed by atoms with Gasteiger partial charge in [-0.3, -0.25) is 9.36 Å². The van der Waals surface area contributed by atoms with Crippen LogP contribution >= 0.6 is 11.8 Å². The van der Waals surface area contributed by atoms with E-state index < -0.39 is 5.82 Å². The second-order valence-corrected chi connectivity index (χ2v) is 9.73. The summed E-state index contributed by atoms with van der Waals surface area (Å²) in [5.74, 6) is 2.09. The summed E-state index contributed by atoms with van der Waals surface area (Å²) in [6.45, 7) is 5.70. The minimum atomic E-state index is -0.404. The molecule has 1 atom stereocenters. The lowest BCUT2D eigenvalue weighted by Crippen LogP contribution is -2.41. The first-order chi connectivity index (χ1) is 16.5. The Morgan fingerprint density at radius 1 is 1.12 bits per heavy atom. The molecule has 1 aliphatic rings. The first-order valence-corrected chi connectivity index (χ1v) is 12.3. The molecule has 0 bridgehead atoms. The Labute approximate surface area is 203 Å². The summed E-state index contributed by atoms with van der Waals surface area (Å²) in [6, 6.07) is 13.6. The van der Waals surface area contributed by atoms with E-state index in [9.17, 15) is 9.18 Å². The highest BCUT2D eigenvalue weighted by atomic mass is 32.2. The molecular weight excluding hydrogens is 455 g/mol. The number of hydrogen-bond acceptors (Lipinski definition) is 6. The quantitative estimate of drug-likeness (QED) is 0.431. The lowest BCUT2D eigenvalue weighted by Gasteiger charge is -2.32. The van der Waals surface area contributed by atoms with E-state index in [1.165, 1.54) is 17.8 Å². The average molecular weight is 485 g/mol. The largest absolute Gasteiger partial charge is 0.497 e. The third kappa shape index (κ3) is 5.52. The molecule has 1 amide bonds. The van der Waals surface area contributed by atoms with Crippen molar-refractivity contribution in [3.8, 4) is 17.2 Å². The monoisotopic (exact) mass is 484 g/mol. The van der Waals surface area contributed by atoms with E-state index in [0.29, 0.717) is 28.3 Å². The zero-order valence-electron chi connectivity index (χ0n) is 19.6. The molecule has 0 saturated carbocycles. The number of amides is 1. The zero-order valence-corrected chi connectivity index (χ0v) is 20.4. The maximum absolute atomic E-state index is 14.8. The highest BCUT2D eigenvalue weighted by Gasteiger charge is 2.28. The summed E-state index contributed by atoms with van der Waals surface area (Å²) in [6.07, 6.45) is 2.03. The molecule has 1 fully saturated rings. The molecule has 7 nitrogen and oxygen atoms in total. The first kappa shape index (κ1) is 24.1. The van der Waals surface area contributed by atoms with Gasteiger partial charge in [0.1, 0.15) is 23.9 Å². The molecule has 0 aliphatic carbocycles. The Bertz CT molecular complexity index is 1110. The number of carbonyl (C=O) groups is 1. The first-order valence-electron chi connectivity index (χ1n) is 11.4. The fourth-order valence-electron chi connectivity index (χ4n) is 3.86. The van der Waals surface area contributed by atoms with Gasteiger partial charge in [0.25, 0.3) is 0 Å². The maximum Gasteiger partial charge on any atom is 0.235 e. The standard InChI is InChI=1S/C25H29FN4O3S/c1-17-12-14-29(15-13-17)24(31)18(2)34-25-28-27-23(30(25)22-7-5-4-6-21(22)26)16-33-20-10-8-19(32-3)9-11-20/h4-11,17-18H,12-16H2,1-3H3. The van der Waals surface area contributed by atoms with Crippen molar-refractivity contribution in [3.63, 3.8) is 0 Å². The number of nitrogens with zero attached hydrogens (tertiary/aromatic N) is 4. The van der Waals surface area contributed by atoms with Gasteiger partial charge in [0.05, 0.1) is 18.0 Å². The Morgan fingerprint density at radius 3 is 2.47 bits per heavy atom. The molecule has 2 aromatic carbocycles. The third-order valence-corrected chi connectivity index (χ3v) is 6.98. The smallest absolute Gasteiger partial charge is 0.235 e. The van der Waals surface area contributed by atoms with Crippen LogP contribution in [-0.4, -0.2) is 51.0 Å². The van der Waals surface area contributed by atoms with Crippen molar-refractivity contribution >= 4 is 17.7 Å². The van der Waals surface area contributed by atoms with E-state index in [1.807, 2.05) is 11.8 Å². The van der Waals surface area contributed by atoms with Crippen LogP contribution in [0.2, 0.25) is 0 Å². The number of benzene rings is 2. The van der Waals surface area contributed by atoms with Gasteiger partial charge in [-0.25, -0.2) is 4.39 Å². The third-order valence-electron chi connectivity index (χ3n) is 5.95. The van der Waals surface area contributed by atoms with E-state index in [0.717, 1.165) is 31.7 Å². The van der Waals surface area contributed by atoms with Crippen LogP contribution < -0.4 is 9.47 Å². The van der Waals surface area contributed by atoms with E-state index in [1.54, 1.807) is 54.1 Å². The average Bonchev–Trinajstić information content (AvgIpc) is 3.25. The summed E-state index contributed by atoms with van der Waals surface area (Å²) in [4.78, 5) is 14.9. The molecule has 3 aromatic rings. The lowest BCUT2D eigenvalue weighted by atomic mass is 9.99. The van der Waals surface area contributed by atoms with Gasteiger partial charge in [-0.15, -0.1) is 10.2 Å². The fraction of sp³-hybridized carbons (Fsp3) is 0.400. The summed E-state index contributed by atoms with van der Waals surface area (Å²) in [5.41, 5.74) is 0.315. The van der Waals surface area contributed by atoms with Crippen molar-refractivity contribution in [2.24, 2.45) is 5.92 Å². The second-order valence-electron chi connectivity index (χ2n) is 8.42. The van der Waals surface area contributed by atoms with Crippen LogP contribution in [0.25, 0.3) is 5.69 Å². The van der Waals surface area contributed by atoms with Crippen LogP contribution in [0.15, 0.2) is 53.7 Å². The van der Waals surface area contributed by atoms with E-state index in [2.05, 4.69) is 17.1 Å². The topological polar surface area (TPSA) is 69.5 Å². The zero-order chi connectivity index (χ0) is 24.1. The van der Waals surface area contributed by atoms with Gasteiger partial charge in [-0.1, -0.05) is 30.8 Å². The highest BCUT2D eigenvalue weighted by Crippen LogP contribution is 2.29. The molecule has 1 saturated heterocycles. The molecule has 0 N–H and O–H groups in total. The van der Waals surface area contributed by atoms with Crippen molar-refractivity contribution in [1.82, 2.24) is 19.7 Å². The van der Waals surface area contributed by atoms with Gasteiger partial charge >= 0.3 is 0 Å². The van der Waals surface area contributed by atoms with Crippen LogP contribution in [0.5, 0.6) is 11.5 Å². The van der Waals surface area contributed by atoms with E-state index in [4.69, 9.17) is 9.47 Å². The summed E-state index contributed by atoms with van der Waals surface area (Å²) < 4.78 is 27.4. The van der Waals surface area contributed by atoms with Crippen LogP contribution in [0, 0.1) is 11.7 Å². The molecule has 0 radical (unpaired) electrons. The number of thioether (sulfide) groups is 1. The lowest BCUT2D eigenvalue weighted by molar-refractivity contribution is -0.131. The number of ether oxygens (including phenoxy) is 2. The number of halogens is 1. The van der Waals surface area contributed by atoms with Crippen LogP contribution in [0.4, 0.5) is 4.39 Å². The Morgan fingerprint density at radius 2 is 1.79 bits per heavy atom. The molecule has 0 spiro atoms. The number of methoxy groups -OCH3 is 1. The number of carbonyl (C=O) groups excluding carboxylic acids is 1. The van der Waals surface area contributed by atoms with Crippen LogP contribution in [0.3, 0.4) is 0 Å². The summed E-state index contributed by atoms with van der Waals surface area (Å²) >= 11 is 1.28. The van der Waals surface area contributed by atoms with Gasteiger partial charge in [0.2, 0.25) is 5.91 Å². The van der Waals surface area contributed by atoms with Crippen LogP contribution in [0.1, 0.15) is 32.5 Å². The fourth-order valence-corrected chi connectivity index (χ4v) is 4.82. The molecule has 180 valence electrons. The van der Waals surface area contributed by atoms with Crippen molar-refractivity contribution in [2.45, 2.75) is 43.7 Å². The minimum absolute atomic E-state index is 0.0658. The van der Waals surface area contributed by atoms with E-state index in [-0.39, 0.29) is 17.8 Å². The number of hydrogen-bond donors (Lipinski definition) is 0. The summed E-state index contributed by atoms with van der Waals surface area (Å²) in [5, 5.41) is 8.63. The van der Waals surface area contributed by atoms with Gasteiger partial charge < -0.3 is 14.4 Å². The predicted molar refractivity (Wildman–Crippen MR) is 129 cm³/mol. The Kier molecular flexibility index (Phi) is 7.72. The van der Waals surface area contributed by atoms with E-state index >= 15 is 0 Å². The SMILES string of the molecule is COc1ccc(OCc2nnc(SC(C)C(=O)N3CCC(C)CC3)n2-c2ccccc2F)cc1. The number of aromatic nitrogens is 3. The summed E-state index contributed by atoms with van der Waals surface area (Å²) in [7, 11) is 1.60. The van der Waals surface area contributed by atoms with Gasteiger partial charge in [-0.05, 0) is 62.1 Å². The molecule has 1 unspecified atom stereocenters. The van der Waals surface area contributed by atoms with Crippen molar-refractivity contribution in [2.75, 3.05) is 20.2 Å². The van der Waals surface area contributed by atoms with Gasteiger partial charge in [-0.2, -0.15) is 0 Å². The number of rotatable bonds is 8. The Hall–Kier alpha value is -3.07.